The number of aliphatic hydroxyl groups excluding tert-OH is 1. The number of hydrogen-bond donors (Lipinski definition) is 1. The zero-order valence-electron chi connectivity index (χ0n) is 11.8. The first-order valence-corrected chi connectivity index (χ1v) is 7.56. The van der Waals surface area contributed by atoms with Crippen molar-refractivity contribution in [2.45, 2.75) is 50.7 Å². The van der Waals surface area contributed by atoms with Crippen molar-refractivity contribution in [1.29, 1.82) is 0 Å². The van der Waals surface area contributed by atoms with Crippen molar-refractivity contribution < 1.29 is 14.4 Å². The average molecular weight is 286 g/mol. The molecule has 1 fully saturated rings. The summed E-state index contributed by atoms with van der Waals surface area (Å²) in [7, 11) is 0. The molecule has 0 spiro atoms. The van der Waals surface area contributed by atoms with Gasteiger partial charge in [-0.15, -0.1) is 0 Å². The number of rotatable bonds is 4. The highest BCUT2D eigenvalue weighted by Crippen LogP contribution is 2.39. The molecule has 1 aromatic heterocycles. The standard InChI is InChI=1S/C16H18N2O3/c19-14-3-1-2-10-6-7-12(8-13(10)14)20-9-15-17-16(21-18-15)11-4-5-11/h6-8,11,14,19H,1-5,9H2/t14-/m1/s1. The molecule has 0 radical (unpaired) electrons. The molecule has 1 saturated carbocycles. The molecule has 0 bridgehead atoms. The van der Waals surface area contributed by atoms with Gasteiger partial charge in [0, 0.05) is 5.92 Å². The number of aryl methyl sites for hydroxylation is 1. The lowest BCUT2D eigenvalue weighted by molar-refractivity contribution is 0.156. The lowest BCUT2D eigenvalue weighted by Crippen LogP contribution is -2.09. The van der Waals surface area contributed by atoms with Gasteiger partial charge in [0.1, 0.15) is 5.75 Å². The summed E-state index contributed by atoms with van der Waals surface area (Å²) in [5.41, 5.74) is 2.21. The summed E-state index contributed by atoms with van der Waals surface area (Å²) >= 11 is 0. The summed E-state index contributed by atoms with van der Waals surface area (Å²) in [6.07, 6.45) is 4.82. The Morgan fingerprint density at radius 3 is 3.05 bits per heavy atom. The maximum Gasteiger partial charge on any atom is 0.229 e. The Labute approximate surface area is 122 Å². The van der Waals surface area contributed by atoms with E-state index in [1.165, 1.54) is 5.56 Å². The van der Waals surface area contributed by atoms with Crippen LogP contribution in [0.1, 0.15) is 60.5 Å². The van der Waals surface area contributed by atoms with E-state index in [1.807, 2.05) is 18.2 Å². The molecule has 2 aliphatic carbocycles. The Hall–Kier alpha value is -1.88. The van der Waals surface area contributed by atoms with Gasteiger partial charge >= 0.3 is 0 Å². The van der Waals surface area contributed by atoms with Crippen molar-refractivity contribution in [3.05, 3.63) is 41.0 Å². The van der Waals surface area contributed by atoms with Crippen LogP contribution in [0.15, 0.2) is 22.7 Å². The zero-order valence-corrected chi connectivity index (χ0v) is 11.8. The van der Waals surface area contributed by atoms with E-state index in [2.05, 4.69) is 10.1 Å². The second kappa shape index (κ2) is 5.15. The lowest BCUT2D eigenvalue weighted by atomic mass is 9.89. The van der Waals surface area contributed by atoms with Crippen LogP contribution < -0.4 is 4.74 Å². The van der Waals surface area contributed by atoms with Crippen molar-refractivity contribution in [2.24, 2.45) is 0 Å². The van der Waals surface area contributed by atoms with Gasteiger partial charge in [-0.3, -0.25) is 0 Å². The molecule has 1 aromatic carbocycles. The van der Waals surface area contributed by atoms with E-state index in [-0.39, 0.29) is 6.10 Å². The molecule has 110 valence electrons. The van der Waals surface area contributed by atoms with Crippen LogP contribution in [0.3, 0.4) is 0 Å². The molecule has 0 amide bonds. The third kappa shape index (κ3) is 2.65. The summed E-state index contributed by atoms with van der Waals surface area (Å²) in [5.74, 6) is 2.52. The SMILES string of the molecule is O[C@@H]1CCCc2ccc(OCc3noc(C4CC4)n3)cc21. The summed E-state index contributed by atoms with van der Waals surface area (Å²) in [6.45, 7) is 0.297. The molecule has 5 heteroatoms. The second-order valence-corrected chi connectivity index (χ2v) is 5.88. The third-order valence-electron chi connectivity index (χ3n) is 4.18. The number of aliphatic hydroxyl groups is 1. The van der Waals surface area contributed by atoms with E-state index < -0.39 is 0 Å². The van der Waals surface area contributed by atoms with Gasteiger partial charge in [0.25, 0.3) is 0 Å². The first-order chi connectivity index (χ1) is 10.3. The second-order valence-electron chi connectivity index (χ2n) is 5.88. The maximum atomic E-state index is 10.0. The smallest absolute Gasteiger partial charge is 0.229 e. The van der Waals surface area contributed by atoms with E-state index in [1.54, 1.807) is 0 Å². The fraction of sp³-hybridized carbons (Fsp3) is 0.500. The first-order valence-electron chi connectivity index (χ1n) is 7.56. The Balaban J connectivity index is 1.45. The zero-order chi connectivity index (χ0) is 14.2. The number of benzene rings is 1. The number of hydrogen-bond acceptors (Lipinski definition) is 5. The molecule has 0 aliphatic heterocycles. The van der Waals surface area contributed by atoms with Crippen LogP contribution in [0.2, 0.25) is 0 Å². The van der Waals surface area contributed by atoms with E-state index in [9.17, 15) is 5.11 Å². The molecule has 5 nitrogen and oxygen atoms in total. The van der Waals surface area contributed by atoms with Crippen molar-refractivity contribution in [1.82, 2.24) is 10.1 Å². The van der Waals surface area contributed by atoms with Gasteiger partial charge in [-0.1, -0.05) is 11.2 Å². The monoisotopic (exact) mass is 286 g/mol. The van der Waals surface area contributed by atoms with Crippen LogP contribution in [0.5, 0.6) is 5.75 Å². The van der Waals surface area contributed by atoms with Crippen LogP contribution in [0.4, 0.5) is 0 Å². The fourth-order valence-corrected chi connectivity index (χ4v) is 2.81. The molecule has 21 heavy (non-hydrogen) atoms. The summed E-state index contributed by atoms with van der Waals surface area (Å²) in [4.78, 5) is 4.34. The highest BCUT2D eigenvalue weighted by Gasteiger charge is 2.29. The van der Waals surface area contributed by atoms with Gasteiger partial charge in [-0.2, -0.15) is 4.98 Å². The van der Waals surface area contributed by atoms with Gasteiger partial charge in [0.15, 0.2) is 6.61 Å². The van der Waals surface area contributed by atoms with E-state index in [0.29, 0.717) is 18.3 Å². The van der Waals surface area contributed by atoms with Gasteiger partial charge in [-0.05, 0) is 55.4 Å². The largest absolute Gasteiger partial charge is 0.485 e. The number of ether oxygens (including phenoxy) is 1. The van der Waals surface area contributed by atoms with Gasteiger partial charge in [0.2, 0.25) is 11.7 Å². The summed E-state index contributed by atoms with van der Waals surface area (Å²) in [6, 6.07) is 5.92. The van der Waals surface area contributed by atoms with Crippen LogP contribution in [0, 0.1) is 0 Å². The number of nitrogens with zero attached hydrogens (tertiary/aromatic N) is 2. The highest BCUT2D eigenvalue weighted by molar-refractivity contribution is 5.38. The molecule has 1 heterocycles. The van der Waals surface area contributed by atoms with E-state index >= 15 is 0 Å². The molecule has 1 N–H and O–H groups in total. The van der Waals surface area contributed by atoms with Gasteiger partial charge < -0.3 is 14.4 Å². The molecule has 2 aliphatic rings. The minimum absolute atomic E-state index is 0.297. The van der Waals surface area contributed by atoms with Crippen LogP contribution >= 0.6 is 0 Å². The topological polar surface area (TPSA) is 68.4 Å². The fourth-order valence-electron chi connectivity index (χ4n) is 2.81. The first kappa shape index (κ1) is 12.8. The molecular weight excluding hydrogens is 268 g/mol. The van der Waals surface area contributed by atoms with Crippen LogP contribution in [0.25, 0.3) is 0 Å². The summed E-state index contributed by atoms with van der Waals surface area (Å²) < 4.78 is 10.9. The minimum atomic E-state index is -0.371. The molecule has 0 unspecified atom stereocenters. The number of aromatic nitrogens is 2. The minimum Gasteiger partial charge on any atom is -0.485 e. The molecule has 2 aromatic rings. The normalized spacial score (nSPS) is 21.1. The Kier molecular flexibility index (Phi) is 3.15. The predicted molar refractivity (Wildman–Crippen MR) is 74.9 cm³/mol. The van der Waals surface area contributed by atoms with Crippen LogP contribution in [-0.4, -0.2) is 15.2 Å². The van der Waals surface area contributed by atoms with Crippen LogP contribution in [-0.2, 0) is 13.0 Å². The van der Waals surface area contributed by atoms with Crippen molar-refractivity contribution >= 4 is 0 Å². The summed E-state index contributed by atoms with van der Waals surface area (Å²) in [5, 5.41) is 14.0. The quantitative estimate of drug-likeness (QED) is 0.936. The molecule has 0 saturated heterocycles. The van der Waals surface area contributed by atoms with Gasteiger partial charge in [0.05, 0.1) is 6.10 Å². The predicted octanol–water partition coefficient (Wildman–Crippen LogP) is 2.90. The highest BCUT2D eigenvalue weighted by atomic mass is 16.5. The Morgan fingerprint density at radius 2 is 2.19 bits per heavy atom. The van der Waals surface area contributed by atoms with Crippen molar-refractivity contribution in [2.75, 3.05) is 0 Å². The lowest BCUT2D eigenvalue weighted by Gasteiger charge is -2.21. The van der Waals surface area contributed by atoms with Crippen molar-refractivity contribution in [3.63, 3.8) is 0 Å². The number of fused-ring (bicyclic) bond motifs is 1. The maximum absolute atomic E-state index is 10.0. The Bertz CT molecular complexity index is 649. The van der Waals surface area contributed by atoms with E-state index in [4.69, 9.17) is 9.26 Å². The Morgan fingerprint density at radius 1 is 1.29 bits per heavy atom. The third-order valence-corrected chi connectivity index (χ3v) is 4.18. The molecular formula is C16H18N2O3. The van der Waals surface area contributed by atoms with Crippen molar-refractivity contribution in [3.8, 4) is 5.75 Å². The average Bonchev–Trinajstić information content (AvgIpc) is 3.25. The molecule has 1 atom stereocenters. The van der Waals surface area contributed by atoms with Gasteiger partial charge in [-0.25, -0.2) is 0 Å². The molecule has 4 rings (SSSR count). The van der Waals surface area contributed by atoms with E-state index in [0.717, 1.165) is 49.3 Å².